The van der Waals surface area contributed by atoms with E-state index in [1.807, 2.05) is 12.1 Å². The second kappa shape index (κ2) is 6.72. The van der Waals surface area contributed by atoms with Crippen LogP contribution in [0.15, 0.2) is 42.5 Å². The molecule has 0 radical (unpaired) electrons. The van der Waals surface area contributed by atoms with Crippen molar-refractivity contribution in [2.24, 2.45) is 0 Å². The Bertz CT molecular complexity index is 646. The number of aryl methyl sites for hydroxylation is 1. The summed E-state index contributed by atoms with van der Waals surface area (Å²) < 4.78 is 0. The maximum atomic E-state index is 6.27. The van der Waals surface area contributed by atoms with E-state index in [-0.39, 0.29) is 0 Å². The monoisotopic (exact) mass is 314 g/mol. The fourth-order valence-electron chi connectivity index (χ4n) is 3.09. The summed E-state index contributed by atoms with van der Waals surface area (Å²) in [7, 11) is 0. The molecule has 0 saturated carbocycles. The molecule has 0 spiro atoms. The second-order valence-electron chi connectivity index (χ2n) is 6.07. The first-order valence-electron chi connectivity index (χ1n) is 7.92. The fraction of sp³-hybridized carbons (Fsp3) is 0.368. The van der Waals surface area contributed by atoms with Crippen molar-refractivity contribution in [1.82, 2.24) is 4.90 Å². The topological polar surface area (TPSA) is 6.48 Å². The van der Waals surface area contributed by atoms with E-state index < -0.39 is 0 Å². The lowest BCUT2D eigenvalue weighted by Gasteiger charge is -2.37. The number of anilines is 1. The van der Waals surface area contributed by atoms with E-state index in [9.17, 15) is 0 Å². The molecule has 2 aromatic carbocycles. The van der Waals surface area contributed by atoms with Gasteiger partial charge in [0.05, 0.1) is 0 Å². The Morgan fingerprint density at radius 3 is 2.36 bits per heavy atom. The molecule has 1 aliphatic rings. The average molecular weight is 315 g/mol. The highest BCUT2D eigenvalue weighted by Gasteiger charge is 2.19. The standard InChI is InChI=1S/C19H23ClN2/c1-15-6-5-9-19(16(15)2)22-12-10-21(11-13-22)14-17-7-3-4-8-18(17)20/h3-9H,10-14H2,1-2H3. The van der Waals surface area contributed by atoms with Gasteiger partial charge in [-0.2, -0.15) is 0 Å². The zero-order valence-corrected chi connectivity index (χ0v) is 14.1. The van der Waals surface area contributed by atoms with Crippen LogP contribution in [0.2, 0.25) is 5.02 Å². The van der Waals surface area contributed by atoms with E-state index in [4.69, 9.17) is 11.6 Å². The van der Waals surface area contributed by atoms with E-state index in [2.05, 4.69) is 54.0 Å². The SMILES string of the molecule is Cc1cccc(N2CCN(Cc3ccccc3Cl)CC2)c1C. The van der Waals surface area contributed by atoms with E-state index in [0.29, 0.717) is 0 Å². The Balaban J connectivity index is 1.63. The summed E-state index contributed by atoms with van der Waals surface area (Å²) in [5.41, 5.74) is 5.39. The maximum Gasteiger partial charge on any atom is 0.0451 e. The molecule has 1 aliphatic heterocycles. The van der Waals surface area contributed by atoms with Gasteiger partial charge < -0.3 is 4.90 Å². The van der Waals surface area contributed by atoms with Gasteiger partial charge in [0.25, 0.3) is 0 Å². The van der Waals surface area contributed by atoms with Gasteiger partial charge in [0, 0.05) is 43.4 Å². The molecule has 1 heterocycles. The molecular formula is C19H23ClN2. The normalized spacial score (nSPS) is 16.0. The number of halogens is 1. The molecule has 0 N–H and O–H groups in total. The highest BCUT2D eigenvalue weighted by atomic mass is 35.5. The largest absolute Gasteiger partial charge is 0.369 e. The van der Waals surface area contributed by atoms with Crippen molar-refractivity contribution >= 4 is 17.3 Å². The van der Waals surface area contributed by atoms with Gasteiger partial charge in [0.1, 0.15) is 0 Å². The van der Waals surface area contributed by atoms with E-state index >= 15 is 0 Å². The molecule has 3 heteroatoms. The number of piperazine rings is 1. The van der Waals surface area contributed by atoms with Crippen LogP contribution in [-0.4, -0.2) is 31.1 Å². The summed E-state index contributed by atoms with van der Waals surface area (Å²) in [4.78, 5) is 4.99. The summed E-state index contributed by atoms with van der Waals surface area (Å²) in [6.07, 6.45) is 0. The molecule has 2 nitrogen and oxygen atoms in total. The van der Waals surface area contributed by atoms with Gasteiger partial charge in [-0.1, -0.05) is 41.9 Å². The zero-order valence-electron chi connectivity index (χ0n) is 13.3. The number of hydrogen-bond donors (Lipinski definition) is 0. The predicted molar refractivity (Wildman–Crippen MR) is 94.9 cm³/mol. The Labute approximate surface area is 138 Å². The quantitative estimate of drug-likeness (QED) is 0.834. The van der Waals surface area contributed by atoms with Crippen LogP contribution in [0.25, 0.3) is 0 Å². The molecule has 1 saturated heterocycles. The Morgan fingerprint density at radius 1 is 0.909 bits per heavy atom. The van der Waals surface area contributed by atoms with Gasteiger partial charge in [0.15, 0.2) is 0 Å². The first kappa shape index (κ1) is 15.4. The predicted octanol–water partition coefficient (Wildman–Crippen LogP) is 4.28. The lowest BCUT2D eigenvalue weighted by atomic mass is 10.1. The van der Waals surface area contributed by atoms with Gasteiger partial charge >= 0.3 is 0 Å². The molecule has 1 fully saturated rings. The zero-order chi connectivity index (χ0) is 15.5. The Kier molecular flexibility index (Phi) is 4.70. The number of benzene rings is 2. The lowest BCUT2D eigenvalue weighted by Crippen LogP contribution is -2.46. The fourth-order valence-corrected chi connectivity index (χ4v) is 3.29. The van der Waals surface area contributed by atoms with Gasteiger partial charge in [-0.3, -0.25) is 4.90 Å². The molecule has 2 aromatic rings. The molecule has 116 valence electrons. The lowest BCUT2D eigenvalue weighted by molar-refractivity contribution is 0.250. The van der Waals surface area contributed by atoms with Gasteiger partial charge in [-0.05, 0) is 42.7 Å². The summed E-state index contributed by atoms with van der Waals surface area (Å²) in [5.74, 6) is 0. The van der Waals surface area contributed by atoms with Crippen LogP contribution in [0.3, 0.4) is 0 Å². The highest BCUT2D eigenvalue weighted by Crippen LogP contribution is 2.24. The molecule has 3 rings (SSSR count). The minimum atomic E-state index is 0.874. The van der Waals surface area contributed by atoms with Crippen LogP contribution < -0.4 is 4.90 Å². The smallest absolute Gasteiger partial charge is 0.0451 e. The minimum Gasteiger partial charge on any atom is -0.369 e. The summed E-state index contributed by atoms with van der Waals surface area (Å²) in [6.45, 7) is 9.67. The third-order valence-electron chi connectivity index (χ3n) is 4.64. The summed E-state index contributed by atoms with van der Waals surface area (Å²) in [6, 6.07) is 14.7. The Morgan fingerprint density at radius 2 is 1.64 bits per heavy atom. The molecule has 0 bridgehead atoms. The molecule has 22 heavy (non-hydrogen) atoms. The molecule has 0 aliphatic carbocycles. The number of hydrogen-bond acceptors (Lipinski definition) is 2. The third kappa shape index (κ3) is 3.29. The highest BCUT2D eigenvalue weighted by molar-refractivity contribution is 6.31. The van der Waals surface area contributed by atoms with Gasteiger partial charge in [-0.15, -0.1) is 0 Å². The van der Waals surface area contributed by atoms with Gasteiger partial charge in [0.2, 0.25) is 0 Å². The average Bonchev–Trinajstić information content (AvgIpc) is 2.53. The summed E-state index contributed by atoms with van der Waals surface area (Å²) in [5, 5.41) is 0.874. The minimum absolute atomic E-state index is 0.874. The molecular weight excluding hydrogens is 292 g/mol. The van der Waals surface area contributed by atoms with Crippen molar-refractivity contribution in [2.75, 3.05) is 31.1 Å². The molecule has 0 atom stereocenters. The Hall–Kier alpha value is -1.51. The molecule has 0 unspecified atom stereocenters. The second-order valence-corrected chi connectivity index (χ2v) is 6.48. The van der Waals surface area contributed by atoms with Crippen molar-refractivity contribution in [3.05, 3.63) is 64.2 Å². The van der Waals surface area contributed by atoms with E-state index in [1.54, 1.807) is 0 Å². The third-order valence-corrected chi connectivity index (χ3v) is 5.01. The first-order chi connectivity index (χ1) is 10.6. The van der Waals surface area contributed by atoms with Crippen LogP contribution >= 0.6 is 11.6 Å². The number of nitrogens with zero attached hydrogens (tertiary/aromatic N) is 2. The summed E-state index contributed by atoms with van der Waals surface area (Å²) >= 11 is 6.27. The van der Waals surface area contributed by atoms with Crippen LogP contribution in [0, 0.1) is 13.8 Å². The van der Waals surface area contributed by atoms with Crippen molar-refractivity contribution in [2.45, 2.75) is 20.4 Å². The van der Waals surface area contributed by atoms with Crippen LogP contribution in [0.5, 0.6) is 0 Å². The van der Waals surface area contributed by atoms with Crippen molar-refractivity contribution in [1.29, 1.82) is 0 Å². The van der Waals surface area contributed by atoms with Crippen molar-refractivity contribution < 1.29 is 0 Å². The molecule has 0 aromatic heterocycles. The van der Waals surface area contributed by atoms with Crippen LogP contribution in [0.4, 0.5) is 5.69 Å². The van der Waals surface area contributed by atoms with Crippen LogP contribution in [0.1, 0.15) is 16.7 Å². The maximum absolute atomic E-state index is 6.27. The molecule has 0 amide bonds. The van der Waals surface area contributed by atoms with Crippen molar-refractivity contribution in [3.63, 3.8) is 0 Å². The first-order valence-corrected chi connectivity index (χ1v) is 8.30. The van der Waals surface area contributed by atoms with Crippen molar-refractivity contribution in [3.8, 4) is 0 Å². The van der Waals surface area contributed by atoms with E-state index in [1.165, 1.54) is 22.4 Å². The van der Waals surface area contributed by atoms with Crippen LogP contribution in [-0.2, 0) is 6.54 Å². The van der Waals surface area contributed by atoms with Gasteiger partial charge in [-0.25, -0.2) is 0 Å². The van der Waals surface area contributed by atoms with E-state index in [0.717, 1.165) is 37.7 Å². The number of rotatable bonds is 3.